The Bertz CT molecular complexity index is 481. The maximum absolute atomic E-state index is 12.3. The minimum atomic E-state index is -3.48. The fraction of sp³-hybridized carbons (Fsp3) is 0.636. The Hall–Kier alpha value is -0.850. The van der Waals surface area contributed by atoms with Gasteiger partial charge in [-0.2, -0.15) is 4.31 Å². The zero-order valence-electron chi connectivity index (χ0n) is 9.93. The van der Waals surface area contributed by atoms with Crippen LogP contribution in [-0.2, 0) is 16.6 Å². The summed E-state index contributed by atoms with van der Waals surface area (Å²) in [6.45, 7) is 2.80. The number of nitrogens with two attached hydrogens (primary N) is 1. The van der Waals surface area contributed by atoms with Gasteiger partial charge in [0.05, 0.1) is 6.54 Å². The van der Waals surface area contributed by atoms with Crippen molar-refractivity contribution < 1.29 is 12.8 Å². The third kappa shape index (κ3) is 2.25. The van der Waals surface area contributed by atoms with Gasteiger partial charge in [0.15, 0.2) is 0 Å². The summed E-state index contributed by atoms with van der Waals surface area (Å²) in [5, 5.41) is 0.0123. The Morgan fingerprint density at radius 2 is 2.29 bits per heavy atom. The van der Waals surface area contributed by atoms with Crippen LogP contribution in [0.2, 0.25) is 0 Å². The lowest BCUT2D eigenvalue weighted by Gasteiger charge is -2.21. The zero-order valence-corrected chi connectivity index (χ0v) is 10.7. The fourth-order valence-electron chi connectivity index (χ4n) is 2.26. The molecule has 96 valence electrons. The molecular weight excluding hydrogens is 240 g/mol. The van der Waals surface area contributed by atoms with Gasteiger partial charge < -0.3 is 10.2 Å². The molecule has 1 aliphatic heterocycles. The molecule has 0 spiro atoms. The predicted octanol–water partition coefficient (Wildman–Crippen LogP) is 1.30. The summed E-state index contributed by atoms with van der Waals surface area (Å²) in [7, 11) is -3.48. The van der Waals surface area contributed by atoms with E-state index in [1.54, 1.807) is 10.4 Å². The first kappa shape index (κ1) is 12.6. The lowest BCUT2D eigenvalue weighted by molar-refractivity contribution is 0.350. The number of hydrogen-bond acceptors (Lipinski definition) is 4. The Balaban J connectivity index is 2.29. The number of rotatable bonds is 4. The van der Waals surface area contributed by atoms with Gasteiger partial charge in [-0.3, -0.25) is 0 Å². The second-order valence-corrected chi connectivity index (χ2v) is 6.07. The van der Waals surface area contributed by atoms with Gasteiger partial charge >= 0.3 is 0 Å². The molecule has 2 rings (SSSR count). The number of furan rings is 1. The van der Waals surface area contributed by atoms with E-state index in [-0.39, 0.29) is 17.7 Å². The van der Waals surface area contributed by atoms with Gasteiger partial charge in [-0.1, -0.05) is 6.92 Å². The first-order chi connectivity index (χ1) is 8.09. The van der Waals surface area contributed by atoms with Gasteiger partial charge in [0, 0.05) is 12.6 Å². The van der Waals surface area contributed by atoms with Crippen LogP contribution in [0.4, 0.5) is 0 Å². The van der Waals surface area contributed by atoms with E-state index in [9.17, 15) is 8.42 Å². The second-order valence-electron chi connectivity index (χ2n) is 4.24. The van der Waals surface area contributed by atoms with Gasteiger partial charge in [0.2, 0.25) is 5.09 Å². The Labute approximate surface area is 102 Å². The molecule has 2 heterocycles. The van der Waals surface area contributed by atoms with E-state index in [1.807, 2.05) is 6.92 Å². The summed E-state index contributed by atoms with van der Waals surface area (Å²) in [6, 6.07) is 3.21. The smallest absolute Gasteiger partial charge is 0.276 e. The largest absolute Gasteiger partial charge is 0.447 e. The summed E-state index contributed by atoms with van der Waals surface area (Å²) >= 11 is 0. The van der Waals surface area contributed by atoms with Crippen molar-refractivity contribution in [3.8, 4) is 0 Å². The van der Waals surface area contributed by atoms with Crippen molar-refractivity contribution in [2.24, 2.45) is 5.73 Å². The van der Waals surface area contributed by atoms with Gasteiger partial charge in [0.1, 0.15) is 5.76 Å². The molecule has 1 aliphatic rings. The highest BCUT2D eigenvalue weighted by atomic mass is 32.2. The van der Waals surface area contributed by atoms with Crippen molar-refractivity contribution in [1.29, 1.82) is 0 Å². The van der Waals surface area contributed by atoms with Crippen LogP contribution in [0.1, 0.15) is 31.9 Å². The van der Waals surface area contributed by atoms with Crippen LogP contribution in [0.5, 0.6) is 0 Å². The van der Waals surface area contributed by atoms with Crippen molar-refractivity contribution in [2.45, 2.75) is 43.9 Å². The topological polar surface area (TPSA) is 76.5 Å². The highest BCUT2D eigenvalue weighted by Gasteiger charge is 2.35. The van der Waals surface area contributed by atoms with Crippen LogP contribution >= 0.6 is 0 Å². The first-order valence-electron chi connectivity index (χ1n) is 5.90. The van der Waals surface area contributed by atoms with Crippen molar-refractivity contribution in [2.75, 3.05) is 6.54 Å². The molecule has 0 saturated carbocycles. The Kier molecular flexibility index (Phi) is 3.56. The van der Waals surface area contributed by atoms with Crippen LogP contribution in [0.15, 0.2) is 21.6 Å². The molecule has 1 fully saturated rings. The highest BCUT2D eigenvalue weighted by Crippen LogP contribution is 2.28. The van der Waals surface area contributed by atoms with E-state index >= 15 is 0 Å². The minimum absolute atomic E-state index is 0.0123. The summed E-state index contributed by atoms with van der Waals surface area (Å²) < 4.78 is 31.4. The van der Waals surface area contributed by atoms with Crippen LogP contribution < -0.4 is 5.73 Å². The van der Waals surface area contributed by atoms with Gasteiger partial charge in [-0.05, 0) is 31.4 Å². The molecular formula is C11H18N2O3S. The molecule has 1 unspecified atom stereocenters. The molecule has 1 aromatic rings. The van der Waals surface area contributed by atoms with Crippen LogP contribution in [0, 0.1) is 0 Å². The van der Waals surface area contributed by atoms with E-state index < -0.39 is 10.0 Å². The average molecular weight is 258 g/mol. The first-order valence-corrected chi connectivity index (χ1v) is 7.34. The zero-order chi connectivity index (χ0) is 12.5. The average Bonchev–Trinajstić information content (AvgIpc) is 2.97. The molecule has 0 radical (unpaired) electrons. The molecule has 1 saturated heterocycles. The molecule has 0 bridgehead atoms. The SMILES string of the molecule is CCC1CCCN1S(=O)(=O)c1ccc(CN)o1. The van der Waals surface area contributed by atoms with Crippen LogP contribution in [0.3, 0.4) is 0 Å². The van der Waals surface area contributed by atoms with Gasteiger partial charge in [-0.15, -0.1) is 0 Å². The number of nitrogens with zero attached hydrogens (tertiary/aromatic N) is 1. The van der Waals surface area contributed by atoms with Crippen LogP contribution in [-0.4, -0.2) is 25.3 Å². The monoisotopic (exact) mass is 258 g/mol. The summed E-state index contributed by atoms with van der Waals surface area (Å²) in [4.78, 5) is 0. The molecule has 0 aromatic carbocycles. The van der Waals surface area contributed by atoms with E-state index in [2.05, 4.69) is 0 Å². The van der Waals surface area contributed by atoms with E-state index in [1.165, 1.54) is 6.07 Å². The van der Waals surface area contributed by atoms with Crippen molar-refractivity contribution in [3.63, 3.8) is 0 Å². The predicted molar refractivity (Wildman–Crippen MR) is 63.8 cm³/mol. The normalized spacial score (nSPS) is 22.1. The summed E-state index contributed by atoms with van der Waals surface area (Å²) in [5.74, 6) is 0.496. The van der Waals surface area contributed by atoms with E-state index in [0.717, 1.165) is 19.3 Å². The maximum Gasteiger partial charge on any atom is 0.276 e. The minimum Gasteiger partial charge on any atom is -0.447 e. The molecule has 0 aliphatic carbocycles. The molecule has 5 nitrogen and oxygen atoms in total. The highest BCUT2D eigenvalue weighted by molar-refractivity contribution is 7.89. The van der Waals surface area contributed by atoms with E-state index in [4.69, 9.17) is 10.2 Å². The van der Waals surface area contributed by atoms with E-state index in [0.29, 0.717) is 12.3 Å². The van der Waals surface area contributed by atoms with Crippen LogP contribution in [0.25, 0.3) is 0 Å². The standard InChI is InChI=1S/C11H18N2O3S/c1-2-9-4-3-7-13(9)17(14,15)11-6-5-10(8-12)16-11/h5-6,9H,2-4,7-8,12H2,1H3. The quantitative estimate of drug-likeness (QED) is 0.883. The number of hydrogen-bond donors (Lipinski definition) is 1. The third-order valence-corrected chi connectivity index (χ3v) is 5.02. The maximum atomic E-state index is 12.3. The Morgan fingerprint density at radius 1 is 1.53 bits per heavy atom. The molecule has 1 aromatic heterocycles. The molecule has 6 heteroatoms. The van der Waals surface area contributed by atoms with Gasteiger partial charge in [0.25, 0.3) is 10.0 Å². The number of sulfonamides is 1. The molecule has 1 atom stereocenters. The van der Waals surface area contributed by atoms with Crippen molar-refractivity contribution in [1.82, 2.24) is 4.31 Å². The molecule has 0 amide bonds. The molecule has 2 N–H and O–H groups in total. The lowest BCUT2D eigenvalue weighted by atomic mass is 10.2. The molecule has 17 heavy (non-hydrogen) atoms. The third-order valence-electron chi connectivity index (χ3n) is 3.20. The second kappa shape index (κ2) is 4.80. The summed E-state index contributed by atoms with van der Waals surface area (Å²) in [5.41, 5.74) is 5.41. The van der Waals surface area contributed by atoms with Crippen molar-refractivity contribution in [3.05, 3.63) is 17.9 Å². The summed E-state index contributed by atoms with van der Waals surface area (Å²) in [6.07, 6.45) is 2.69. The Morgan fingerprint density at radius 3 is 2.88 bits per heavy atom. The lowest BCUT2D eigenvalue weighted by Crippen LogP contribution is -2.34. The van der Waals surface area contributed by atoms with Gasteiger partial charge in [-0.25, -0.2) is 8.42 Å². The fourth-order valence-corrected chi connectivity index (χ4v) is 3.96. The van der Waals surface area contributed by atoms with Crippen molar-refractivity contribution >= 4 is 10.0 Å².